The summed E-state index contributed by atoms with van der Waals surface area (Å²) in [5.74, 6) is -2.50. The van der Waals surface area contributed by atoms with Crippen LogP contribution in [0.1, 0.15) is 39.2 Å². The molecule has 9 nitrogen and oxygen atoms in total. The number of ketones is 2. The van der Waals surface area contributed by atoms with Crippen LogP contribution in [0, 0.1) is 0 Å². The number of nitrogens with two attached hydrogens (primary N) is 1. The largest absolute Gasteiger partial charge is 0.460 e. The van der Waals surface area contributed by atoms with Crippen molar-refractivity contribution in [3.05, 3.63) is 48.6 Å². The maximum Gasteiger partial charge on any atom is 0.410 e. The summed E-state index contributed by atoms with van der Waals surface area (Å²) in [6.45, 7) is 8.87. The van der Waals surface area contributed by atoms with E-state index >= 15 is 0 Å². The molecule has 1 aliphatic rings. The molecule has 0 spiro atoms. The van der Waals surface area contributed by atoms with Gasteiger partial charge in [-0.3, -0.25) is 19.3 Å². The first-order valence-corrected chi connectivity index (χ1v) is 10.8. The second-order valence-electron chi connectivity index (χ2n) is 8.81. The van der Waals surface area contributed by atoms with Gasteiger partial charge in [0.2, 0.25) is 11.6 Å². The molecule has 0 aliphatic carbocycles. The number of nitrogens with zero attached hydrogens (tertiary/aromatic N) is 1. The zero-order valence-electron chi connectivity index (χ0n) is 19.3. The summed E-state index contributed by atoms with van der Waals surface area (Å²) in [5.41, 5.74) is 6.01. The molecular weight excluding hydrogens is 428 g/mol. The van der Waals surface area contributed by atoms with E-state index in [9.17, 15) is 19.2 Å². The van der Waals surface area contributed by atoms with E-state index in [1.807, 2.05) is 30.3 Å². The molecule has 3 atom stereocenters. The minimum Gasteiger partial charge on any atom is -0.460 e. The van der Waals surface area contributed by atoms with Gasteiger partial charge in [0, 0.05) is 6.42 Å². The van der Waals surface area contributed by atoms with Crippen molar-refractivity contribution in [1.82, 2.24) is 4.90 Å². The molecule has 33 heavy (non-hydrogen) atoms. The van der Waals surface area contributed by atoms with Crippen LogP contribution in [0.15, 0.2) is 43.0 Å². The fourth-order valence-electron chi connectivity index (χ4n) is 3.37. The lowest BCUT2D eigenvalue weighted by Crippen LogP contribution is -2.48. The van der Waals surface area contributed by atoms with E-state index in [4.69, 9.17) is 19.9 Å². The summed E-state index contributed by atoms with van der Waals surface area (Å²) >= 11 is 0. The maximum atomic E-state index is 13.0. The standard InChI is InChI=1S/C24H32N2O7/c1-5-11-31-23(30)26-14-17(32-15-16-9-7-6-8-10-16)12-19(26)22(29)21(28)18(25)13-20(27)33-24(2,3)4/h5-10,17-19H,1,11-15,25H2,2-4H3/t17?,18?,19-/m1/s1. The topological polar surface area (TPSA) is 125 Å². The molecule has 1 fully saturated rings. The number of hydrogen-bond acceptors (Lipinski definition) is 8. The van der Waals surface area contributed by atoms with E-state index in [0.29, 0.717) is 0 Å². The van der Waals surface area contributed by atoms with Crippen molar-refractivity contribution in [3.63, 3.8) is 0 Å². The Balaban J connectivity index is 2.07. The molecule has 0 radical (unpaired) electrons. The first-order valence-electron chi connectivity index (χ1n) is 10.8. The van der Waals surface area contributed by atoms with E-state index < -0.39 is 53.8 Å². The quantitative estimate of drug-likeness (QED) is 0.320. The number of carbonyl (C=O) groups is 4. The van der Waals surface area contributed by atoms with Crippen molar-refractivity contribution in [2.24, 2.45) is 5.73 Å². The Kier molecular flexibility index (Phi) is 9.31. The number of hydrogen-bond donors (Lipinski definition) is 1. The molecule has 180 valence electrons. The number of Topliss-reactive ketones (excluding diaryl/α,β-unsaturated/α-hetero) is 2. The Labute approximate surface area is 193 Å². The Bertz CT molecular complexity index is 863. The van der Waals surface area contributed by atoms with Crippen molar-refractivity contribution in [3.8, 4) is 0 Å². The van der Waals surface area contributed by atoms with Crippen LogP contribution < -0.4 is 5.73 Å². The van der Waals surface area contributed by atoms with Crippen molar-refractivity contribution in [2.45, 2.75) is 64.0 Å². The molecule has 2 unspecified atom stereocenters. The van der Waals surface area contributed by atoms with Crippen LogP contribution in [-0.4, -0.2) is 65.5 Å². The predicted molar refractivity (Wildman–Crippen MR) is 120 cm³/mol. The van der Waals surface area contributed by atoms with E-state index in [1.165, 1.54) is 11.0 Å². The maximum absolute atomic E-state index is 13.0. The van der Waals surface area contributed by atoms with Gasteiger partial charge >= 0.3 is 12.1 Å². The molecule has 2 rings (SSSR count). The summed E-state index contributed by atoms with van der Waals surface area (Å²) in [5, 5.41) is 0. The fourth-order valence-corrected chi connectivity index (χ4v) is 3.37. The highest BCUT2D eigenvalue weighted by Gasteiger charge is 2.44. The van der Waals surface area contributed by atoms with Gasteiger partial charge in [0.05, 0.1) is 31.7 Å². The van der Waals surface area contributed by atoms with Gasteiger partial charge in [0.15, 0.2) is 0 Å². The Morgan fingerprint density at radius 2 is 1.88 bits per heavy atom. The van der Waals surface area contributed by atoms with Crippen molar-refractivity contribution in [1.29, 1.82) is 0 Å². The second kappa shape index (κ2) is 11.7. The van der Waals surface area contributed by atoms with Crippen LogP contribution in [0.2, 0.25) is 0 Å². The van der Waals surface area contributed by atoms with Crippen molar-refractivity contribution >= 4 is 23.6 Å². The van der Waals surface area contributed by atoms with Crippen LogP contribution in [0.5, 0.6) is 0 Å². The molecule has 1 aliphatic heterocycles. The lowest BCUT2D eigenvalue weighted by Gasteiger charge is -2.23. The van der Waals surface area contributed by atoms with Crippen molar-refractivity contribution < 1.29 is 33.4 Å². The number of likely N-dealkylation sites (tertiary alicyclic amines) is 1. The minimum atomic E-state index is -1.37. The number of carbonyl (C=O) groups excluding carboxylic acids is 4. The minimum absolute atomic E-state index is 0.0438. The third-order valence-corrected chi connectivity index (χ3v) is 4.84. The van der Waals surface area contributed by atoms with Crippen LogP contribution in [0.3, 0.4) is 0 Å². The highest BCUT2D eigenvalue weighted by Crippen LogP contribution is 2.24. The second-order valence-corrected chi connectivity index (χ2v) is 8.81. The van der Waals surface area contributed by atoms with Gasteiger partial charge in [-0.1, -0.05) is 43.0 Å². The third kappa shape index (κ3) is 8.11. The summed E-state index contributed by atoms with van der Waals surface area (Å²) in [6.07, 6.45) is -0.169. The molecule has 1 aromatic carbocycles. The van der Waals surface area contributed by atoms with Crippen LogP contribution in [-0.2, 0) is 35.2 Å². The summed E-state index contributed by atoms with van der Waals surface area (Å²) < 4.78 is 16.1. The van der Waals surface area contributed by atoms with Crippen molar-refractivity contribution in [2.75, 3.05) is 13.2 Å². The SMILES string of the molecule is C=CCOC(=O)N1CC(OCc2ccccc2)C[C@@H]1C(=O)C(=O)C(N)CC(=O)OC(C)(C)C. The summed E-state index contributed by atoms with van der Waals surface area (Å²) in [6, 6.07) is 6.96. The molecule has 0 aromatic heterocycles. The molecule has 1 amide bonds. The number of esters is 1. The molecule has 1 aromatic rings. The summed E-state index contributed by atoms with van der Waals surface area (Å²) in [4.78, 5) is 51.3. The van der Waals surface area contributed by atoms with E-state index in [1.54, 1.807) is 20.8 Å². The lowest BCUT2D eigenvalue weighted by molar-refractivity contribution is -0.156. The molecule has 0 bridgehead atoms. The first-order chi connectivity index (χ1) is 15.5. The van der Waals surface area contributed by atoms with Gasteiger partial charge in [-0.05, 0) is 26.3 Å². The molecule has 0 saturated carbocycles. The average Bonchev–Trinajstić information content (AvgIpc) is 3.18. The van der Waals surface area contributed by atoms with E-state index in [-0.39, 0.29) is 26.2 Å². The molecule has 2 N–H and O–H groups in total. The zero-order valence-corrected chi connectivity index (χ0v) is 19.3. The summed E-state index contributed by atoms with van der Waals surface area (Å²) in [7, 11) is 0. The Hall–Kier alpha value is -3.04. The van der Waals surface area contributed by atoms with Gasteiger partial charge < -0.3 is 19.9 Å². The van der Waals surface area contributed by atoms with E-state index in [0.717, 1.165) is 5.56 Å². The van der Waals surface area contributed by atoms with Crippen LogP contribution >= 0.6 is 0 Å². The highest BCUT2D eigenvalue weighted by atomic mass is 16.6. The molecule has 1 saturated heterocycles. The Morgan fingerprint density at radius 3 is 2.48 bits per heavy atom. The zero-order chi connectivity index (χ0) is 24.6. The van der Waals surface area contributed by atoms with E-state index in [2.05, 4.69) is 6.58 Å². The normalized spacial score (nSPS) is 19.0. The van der Waals surface area contributed by atoms with Gasteiger partial charge in [-0.2, -0.15) is 0 Å². The smallest absolute Gasteiger partial charge is 0.410 e. The predicted octanol–water partition coefficient (Wildman–Crippen LogP) is 2.17. The number of rotatable bonds is 10. The average molecular weight is 461 g/mol. The van der Waals surface area contributed by atoms with Crippen LogP contribution in [0.25, 0.3) is 0 Å². The van der Waals surface area contributed by atoms with Gasteiger partial charge in [-0.25, -0.2) is 4.79 Å². The Morgan fingerprint density at radius 1 is 1.21 bits per heavy atom. The lowest BCUT2D eigenvalue weighted by atomic mass is 9.99. The molecule has 1 heterocycles. The first kappa shape index (κ1) is 26.2. The molecular formula is C24H32N2O7. The monoisotopic (exact) mass is 460 g/mol. The third-order valence-electron chi connectivity index (χ3n) is 4.84. The van der Waals surface area contributed by atoms with Gasteiger partial charge in [-0.15, -0.1) is 0 Å². The number of ether oxygens (including phenoxy) is 3. The highest BCUT2D eigenvalue weighted by molar-refractivity contribution is 6.41. The molecule has 9 heteroatoms. The van der Waals surface area contributed by atoms with Gasteiger partial charge in [0.25, 0.3) is 0 Å². The van der Waals surface area contributed by atoms with Gasteiger partial charge in [0.1, 0.15) is 18.2 Å². The number of benzene rings is 1. The number of amides is 1. The van der Waals surface area contributed by atoms with Crippen LogP contribution in [0.4, 0.5) is 4.79 Å². The fraction of sp³-hybridized carbons (Fsp3) is 0.500.